The fourth-order valence-corrected chi connectivity index (χ4v) is 4.28. The molecular formula is C13H20NOS+. The van der Waals surface area contributed by atoms with Gasteiger partial charge in [-0.3, -0.25) is 0 Å². The molecule has 88 valence electrons. The smallest absolute Gasteiger partial charge is 0.133 e. The number of quaternary nitrogens is 1. The molecule has 2 heterocycles. The number of likely N-dealkylation sites (N-methyl/N-ethyl adjacent to an activating group) is 1. The zero-order valence-corrected chi connectivity index (χ0v) is 10.6. The first-order valence-corrected chi connectivity index (χ1v) is 7.28. The maximum Gasteiger partial charge on any atom is 0.133 e. The van der Waals surface area contributed by atoms with E-state index < -0.39 is 0 Å². The molecule has 1 aromatic rings. The molecule has 1 fully saturated rings. The molecule has 16 heavy (non-hydrogen) atoms. The van der Waals surface area contributed by atoms with Crippen molar-refractivity contribution < 1.29 is 10.1 Å². The second kappa shape index (κ2) is 4.47. The Bertz CT molecular complexity index is 363. The third-order valence-corrected chi connectivity index (χ3v) is 4.97. The molecule has 2 aliphatic rings. The van der Waals surface area contributed by atoms with Gasteiger partial charge in [0.15, 0.2) is 0 Å². The third-order valence-electron chi connectivity index (χ3n) is 3.90. The van der Waals surface area contributed by atoms with E-state index in [-0.39, 0.29) is 0 Å². The first-order chi connectivity index (χ1) is 7.90. The molecule has 3 rings (SSSR count). The van der Waals surface area contributed by atoms with Gasteiger partial charge in [0, 0.05) is 16.4 Å². The first kappa shape index (κ1) is 10.8. The fraction of sp³-hybridized carbons (Fsp3) is 0.692. The van der Waals surface area contributed by atoms with Crippen molar-refractivity contribution in [1.82, 2.24) is 0 Å². The molecule has 3 atom stereocenters. The van der Waals surface area contributed by atoms with E-state index in [1.165, 1.54) is 31.2 Å². The van der Waals surface area contributed by atoms with Gasteiger partial charge in [0.25, 0.3) is 0 Å². The predicted molar refractivity (Wildman–Crippen MR) is 65.9 cm³/mol. The van der Waals surface area contributed by atoms with Gasteiger partial charge in [-0.2, -0.15) is 0 Å². The van der Waals surface area contributed by atoms with Gasteiger partial charge >= 0.3 is 0 Å². The number of fused-ring (bicyclic) bond motifs is 3. The molecule has 1 aliphatic heterocycles. The Hall–Kier alpha value is -0.380. The van der Waals surface area contributed by atoms with E-state index in [0.717, 1.165) is 6.54 Å². The van der Waals surface area contributed by atoms with Crippen LogP contribution >= 0.6 is 11.3 Å². The maximum atomic E-state index is 6.29. The van der Waals surface area contributed by atoms with E-state index in [2.05, 4.69) is 23.8 Å². The van der Waals surface area contributed by atoms with Crippen molar-refractivity contribution in [2.45, 2.75) is 43.8 Å². The highest BCUT2D eigenvalue weighted by Crippen LogP contribution is 2.46. The Morgan fingerprint density at radius 1 is 1.44 bits per heavy atom. The summed E-state index contributed by atoms with van der Waals surface area (Å²) in [6.45, 7) is 1.06. The van der Waals surface area contributed by atoms with Crippen molar-refractivity contribution in [3.63, 3.8) is 0 Å². The summed E-state index contributed by atoms with van der Waals surface area (Å²) in [5, 5.41) is 4.48. The summed E-state index contributed by atoms with van der Waals surface area (Å²) in [6.07, 6.45) is 6.18. The van der Waals surface area contributed by atoms with Gasteiger partial charge in [-0.25, -0.2) is 0 Å². The number of ether oxygens (including phenoxy) is 1. The number of hydrogen-bond acceptors (Lipinski definition) is 2. The summed E-state index contributed by atoms with van der Waals surface area (Å²) in [6, 6.07) is 2.28. The van der Waals surface area contributed by atoms with E-state index in [1.807, 2.05) is 11.3 Å². The van der Waals surface area contributed by atoms with Crippen molar-refractivity contribution in [2.24, 2.45) is 0 Å². The van der Waals surface area contributed by atoms with E-state index in [4.69, 9.17) is 4.74 Å². The van der Waals surface area contributed by atoms with E-state index >= 15 is 0 Å². The molecule has 0 bridgehead atoms. The number of nitrogens with two attached hydrogens (primary N) is 1. The van der Waals surface area contributed by atoms with Crippen molar-refractivity contribution in [2.75, 3.05) is 13.6 Å². The van der Waals surface area contributed by atoms with Gasteiger partial charge in [-0.1, -0.05) is 12.8 Å². The monoisotopic (exact) mass is 238 g/mol. The van der Waals surface area contributed by atoms with Gasteiger partial charge in [-0.15, -0.1) is 11.3 Å². The lowest BCUT2D eigenvalue weighted by molar-refractivity contribution is -0.636. The highest BCUT2D eigenvalue weighted by molar-refractivity contribution is 7.10. The topological polar surface area (TPSA) is 25.8 Å². The van der Waals surface area contributed by atoms with E-state index in [1.54, 1.807) is 4.88 Å². The molecule has 1 aromatic heterocycles. The van der Waals surface area contributed by atoms with Crippen LogP contribution in [0.3, 0.4) is 0 Å². The molecule has 0 radical (unpaired) electrons. The lowest BCUT2D eigenvalue weighted by Gasteiger charge is -2.38. The largest absolute Gasteiger partial charge is 0.364 e. The molecule has 0 unspecified atom stereocenters. The van der Waals surface area contributed by atoms with Crippen LogP contribution in [-0.4, -0.2) is 19.7 Å². The summed E-state index contributed by atoms with van der Waals surface area (Å²) < 4.78 is 6.29. The summed E-state index contributed by atoms with van der Waals surface area (Å²) in [5.74, 6) is 0.705. The quantitative estimate of drug-likeness (QED) is 0.838. The second-order valence-electron chi connectivity index (χ2n) is 4.94. The Balaban J connectivity index is 1.92. The Labute approximate surface area is 101 Å². The molecule has 1 aliphatic carbocycles. The van der Waals surface area contributed by atoms with E-state index in [9.17, 15) is 0 Å². The van der Waals surface area contributed by atoms with Crippen LogP contribution in [0, 0.1) is 0 Å². The van der Waals surface area contributed by atoms with Gasteiger partial charge < -0.3 is 10.1 Å². The van der Waals surface area contributed by atoms with Crippen molar-refractivity contribution >= 4 is 11.3 Å². The average Bonchev–Trinajstić information content (AvgIpc) is 2.79. The minimum absolute atomic E-state index is 0.339. The van der Waals surface area contributed by atoms with Crippen LogP contribution in [0.4, 0.5) is 0 Å². The minimum Gasteiger partial charge on any atom is -0.364 e. The maximum absolute atomic E-state index is 6.29. The molecule has 0 saturated heterocycles. The fourth-order valence-electron chi connectivity index (χ4n) is 3.14. The molecule has 2 nitrogen and oxygen atoms in total. The molecule has 0 spiro atoms. The molecule has 0 aromatic carbocycles. The first-order valence-electron chi connectivity index (χ1n) is 6.40. The number of rotatable bonds is 2. The zero-order valence-electron chi connectivity index (χ0n) is 9.82. The molecule has 3 heteroatoms. The van der Waals surface area contributed by atoms with Gasteiger partial charge in [-0.05, 0) is 24.3 Å². The molecular weight excluding hydrogens is 218 g/mol. The van der Waals surface area contributed by atoms with Crippen LogP contribution in [0.15, 0.2) is 11.4 Å². The highest BCUT2D eigenvalue weighted by atomic mass is 32.1. The van der Waals surface area contributed by atoms with Gasteiger partial charge in [0.05, 0.1) is 13.2 Å². The molecule has 0 amide bonds. The van der Waals surface area contributed by atoms with Crippen LogP contribution < -0.4 is 5.32 Å². The summed E-state index contributed by atoms with van der Waals surface area (Å²) >= 11 is 1.95. The summed E-state index contributed by atoms with van der Waals surface area (Å²) in [5.41, 5.74) is 1.48. The Kier molecular flexibility index (Phi) is 3.01. The highest BCUT2D eigenvalue weighted by Gasteiger charge is 2.38. The molecule has 2 N–H and O–H groups in total. The van der Waals surface area contributed by atoms with Gasteiger partial charge in [0.2, 0.25) is 0 Å². The normalized spacial score (nSPS) is 33.2. The van der Waals surface area contributed by atoms with Crippen molar-refractivity contribution in [3.8, 4) is 0 Å². The van der Waals surface area contributed by atoms with Crippen LogP contribution in [0.1, 0.15) is 48.1 Å². The van der Waals surface area contributed by atoms with Gasteiger partial charge in [0.1, 0.15) is 12.6 Å². The Morgan fingerprint density at radius 3 is 3.19 bits per heavy atom. The SMILES string of the molecule is C[NH2+]C[C@H]1O[C@@H]2CCCC[C@@H]2c2sccc21. The average molecular weight is 238 g/mol. The zero-order chi connectivity index (χ0) is 11.0. The second-order valence-corrected chi connectivity index (χ2v) is 5.89. The van der Waals surface area contributed by atoms with Crippen LogP contribution in [0.2, 0.25) is 0 Å². The van der Waals surface area contributed by atoms with Crippen LogP contribution in [-0.2, 0) is 4.74 Å². The van der Waals surface area contributed by atoms with E-state index in [0.29, 0.717) is 18.1 Å². The van der Waals surface area contributed by atoms with Crippen molar-refractivity contribution in [3.05, 3.63) is 21.9 Å². The van der Waals surface area contributed by atoms with Crippen molar-refractivity contribution in [1.29, 1.82) is 0 Å². The lowest BCUT2D eigenvalue weighted by Crippen LogP contribution is -2.81. The third kappa shape index (κ3) is 1.71. The number of thiophene rings is 1. The Morgan fingerprint density at radius 2 is 2.31 bits per heavy atom. The molecule has 1 saturated carbocycles. The van der Waals surface area contributed by atoms with Crippen LogP contribution in [0.25, 0.3) is 0 Å². The summed E-state index contributed by atoms with van der Waals surface area (Å²) in [4.78, 5) is 1.63. The summed E-state index contributed by atoms with van der Waals surface area (Å²) in [7, 11) is 2.13. The minimum atomic E-state index is 0.339. The predicted octanol–water partition coefficient (Wildman–Crippen LogP) is 2.04. The standard InChI is InChI=1S/C13H19NOS/c1-14-8-12-10-6-7-16-13(10)9-4-2-3-5-11(9)15-12/h6-7,9,11-12,14H,2-5,8H2,1H3/p+1/t9-,11+,12+/m0/s1. The lowest BCUT2D eigenvalue weighted by atomic mass is 9.81. The van der Waals surface area contributed by atoms with Crippen LogP contribution in [0.5, 0.6) is 0 Å². The number of hydrogen-bond donors (Lipinski definition) is 1.